The summed E-state index contributed by atoms with van der Waals surface area (Å²) in [6.07, 6.45) is 8.20. The lowest BCUT2D eigenvalue weighted by molar-refractivity contribution is 0.0280. The Kier molecular flexibility index (Phi) is 3.78. The van der Waals surface area contributed by atoms with Crippen LogP contribution in [-0.2, 0) is 11.8 Å². The molecule has 0 aliphatic heterocycles. The number of ketones is 1. The van der Waals surface area contributed by atoms with E-state index < -0.39 is 0 Å². The van der Waals surface area contributed by atoms with Gasteiger partial charge in [0.25, 0.3) is 0 Å². The summed E-state index contributed by atoms with van der Waals surface area (Å²) in [5, 5.41) is 0. The van der Waals surface area contributed by atoms with Crippen LogP contribution in [-0.4, -0.2) is 23.1 Å². The van der Waals surface area contributed by atoms with Crippen molar-refractivity contribution in [1.29, 1.82) is 0 Å². The van der Waals surface area contributed by atoms with E-state index in [4.69, 9.17) is 4.74 Å². The summed E-state index contributed by atoms with van der Waals surface area (Å²) in [5.74, 6) is 0.0815. The van der Waals surface area contributed by atoms with Gasteiger partial charge in [-0.1, -0.05) is 19.3 Å². The van der Waals surface area contributed by atoms with Gasteiger partial charge in [-0.15, -0.1) is 0 Å². The van der Waals surface area contributed by atoms with E-state index in [1.165, 1.54) is 19.3 Å². The summed E-state index contributed by atoms with van der Waals surface area (Å²) >= 11 is 0. The molecule has 0 spiro atoms. The van der Waals surface area contributed by atoms with Crippen LogP contribution < -0.4 is 0 Å². The first-order valence-corrected chi connectivity index (χ1v) is 6.03. The van der Waals surface area contributed by atoms with Crippen LogP contribution in [0.5, 0.6) is 0 Å². The Hall–Kier alpha value is -1.09. The number of nitrogens with zero attached hydrogens (tertiary/aromatic N) is 1. The van der Waals surface area contributed by atoms with E-state index in [1.807, 2.05) is 29.9 Å². The summed E-state index contributed by atoms with van der Waals surface area (Å²) in [4.78, 5) is 11.8. The van der Waals surface area contributed by atoms with E-state index in [0.717, 1.165) is 18.5 Å². The molecule has 16 heavy (non-hydrogen) atoms. The van der Waals surface area contributed by atoms with Crippen LogP contribution in [0, 0.1) is 0 Å². The fraction of sp³-hybridized carbons (Fsp3) is 0.615. The molecule has 0 unspecified atom stereocenters. The summed E-state index contributed by atoms with van der Waals surface area (Å²) in [6.45, 7) is 0.225. The number of Topliss-reactive ketones (excluding diaryl/α,β-unsaturated/α-hetero) is 1. The maximum atomic E-state index is 11.8. The lowest BCUT2D eigenvalue weighted by Crippen LogP contribution is -2.21. The summed E-state index contributed by atoms with van der Waals surface area (Å²) in [5.41, 5.74) is 0.732. The number of rotatable bonds is 4. The molecule has 1 fully saturated rings. The van der Waals surface area contributed by atoms with E-state index >= 15 is 0 Å². The average Bonchev–Trinajstić information content (AvgIpc) is 2.74. The van der Waals surface area contributed by atoms with Crippen molar-refractivity contribution in [2.24, 2.45) is 7.05 Å². The van der Waals surface area contributed by atoms with Gasteiger partial charge in [0.2, 0.25) is 5.78 Å². The monoisotopic (exact) mass is 221 g/mol. The van der Waals surface area contributed by atoms with Crippen LogP contribution in [0.4, 0.5) is 0 Å². The van der Waals surface area contributed by atoms with E-state index in [1.54, 1.807) is 0 Å². The number of aromatic nitrogens is 1. The molecule has 0 N–H and O–H groups in total. The average molecular weight is 221 g/mol. The van der Waals surface area contributed by atoms with Crippen molar-refractivity contribution in [3.05, 3.63) is 24.0 Å². The number of ether oxygens (including phenoxy) is 1. The van der Waals surface area contributed by atoms with Crippen molar-refractivity contribution in [3.63, 3.8) is 0 Å². The largest absolute Gasteiger partial charge is 0.370 e. The van der Waals surface area contributed by atoms with Crippen molar-refractivity contribution >= 4 is 5.78 Å². The fourth-order valence-electron chi connectivity index (χ4n) is 2.25. The Bertz CT molecular complexity index is 351. The van der Waals surface area contributed by atoms with Crippen molar-refractivity contribution in [1.82, 2.24) is 4.57 Å². The molecule has 0 amide bonds. The lowest BCUT2D eigenvalue weighted by atomic mass is 9.98. The molecule has 0 radical (unpaired) electrons. The van der Waals surface area contributed by atoms with Crippen molar-refractivity contribution in [2.75, 3.05) is 6.61 Å². The first-order chi connectivity index (χ1) is 7.77. The first kappa shape index (κ1) is 11.4. The van der Waals surface area contributed by atoms with Crippen LogP contribution in [0.25, 0.3) is 0 Å². The molecule has 1 saturated carbocycles. The Morgan fingerprint density at radius 2 is 2.19 bits per heavy atom. The number of carbonyl (C=O) groups is 1. The molecule has 0 bridgehead atoms. The standard InChI is InChI=1S/C13H19NO2/c1-14-9-5-8-12(14)13(15)10-16-11-6-3-2-4-7-11/h5,8-9,11H,2-4,6-7,10H2,1H3. The highest BCUT2D eigenvalue weighted by Gasteiger charge is 2.16. The van der Waals surface area contributed by atoms with Crippen LogP contribution >= 0.6 is 0 Å². The maximum Gasteiger partial charge on any atom is 0.204 e. The summed E-state index contributed by atoms with van der Waals surface area (Å²) in [6, 6.07) is 3.72. The number of hydrogen-bond acceptors (Lipinski definition) is 2. The van der Waals surface area contributed by atoms with Gasteiger partial charge in [-0.25, -0.2) is 0 Å². The first-order valence-electron chi connectivity index (χ1n) is 6.03. The molecule has 1 aliphatic rings. The minimum absolute atomic E-state index is 0.0815. The van der Waals surface area contributed by atoms with Gasteiger partial charge in [-0.05, 0) is 25.0 Å². The molecule has 1 aromatic heterocycles. The predicted molar refractivity (Wildman–Crippen MR) is 62.6 cm³/mol. The van der Waals surface area contributed by atoms with Crippen molar-refractivity contribution in [3.8, 4) is 0 Å². The Balaban J connectivity index is 1.81. The Morgan fingerprint density at radius 1 is 1.44 bits per heavy atom. The highest BCUT2D eigenvalue weighted by Crippen LogP contribution is 2.20. The molecule has 0 saturated heterocycles. The second-order valence-corrected chi connectivity index (χ2v) is 4.50. The van der Waals surface area contributed by atoms with Gasteiger partial charge in [-0.3, -0.25) is 4.79 Å². The zero-order valence-corrected chi connectivity index (χ0v) is 9.82. The van der Waals surface area contributed by atoms with Gasteiger partial charge in [0.1, 0.15) is 6.61 Å². The third kappa shape index (κ3) is 2.73. The molecule has 2 rings (SSSR count). The third-order valence-corrected chi connectivity index (χ3v) is 3.23. The Morgan fingerprint density at radius 3 is 2.81 bits per heavy atom. The fourth-order valence-corrected chi connectivity index (χ4v) is 2.25. The molecule has 0 aromatic carbocycles. The van der Waals surface area contributed by atoms with Crippen LogP contribution in [0.1, 0.15) is 42.6 Å². The quantitative estimate of drug-likeness (QED) is 0.732. The van der Waals surface area contributed by atoms with E-state index in [2.05, 4.69) is 0 Å². The second kappa shape index (κ2) is 5.30. The van der Waals surface area contributed by atoms with Gasteiger partial charge in [0.15, 0.2) is 0 Å². The summed E-state index contributed by atoms with van der Waals surface area (Å²) < 4.78 is 7.50. The minimum atomic E-state index is 0.0815. The third-order valence-electron chi connectivity index (χ3n) is 3.23. The SMILES string of the molecule is Cn1cccc1C(=O)COC1CCCCC1. The van der Waals surface area contributed by atoms with Crippen molar-refractivity contribution < 1.29 is 9.53 Å². The van der Waals surface area contributed by atoms with Crippen molar-refractivity contribution in [2.45, 2.75) is 38.2 Å². The molecule has 0 atom stereocenters. The van der Waals surface area contributed by atoms with Gasteiger partial charge >= 0.3 is 0 Å². The van der Waals surface area contributed by atoms with Crippen LogP contribution in [0.15, 0.2) is 18.3 Å². The molecule has 1 aromatic rings. The molecule has 3 heteroatoms. The van der Waals surface area contributed by atoms with Crippen LogP contribution in [0.3, 0.4) is 0 Å². The lowest BCUT2D eigenvalue weighted by Gasteiger charge is -2.21. The smallest absolute Gasteiger partial charge is 0.204 e. The van der Waals surface area contributed by atoms with E-state index in [9.17, 15) is 4.79 Å². The second-order valence-electron chi connectivity index (χ2n) is 4.50. The molecule has 3 nitrogen and oxygen atoms in total. The van der Waals surface area contributed by atoms with Crippen LogP contribution in [0.2, 0.25) is 0 Å². The zero-order chi connectivity index (χ0) is 11.4. The predicted octanol–water partition coefficient (Wildman–Crippen LogP) is 2.56. The molecular weight excluding hydrogens is 202 g/mol. The molecule has 1 heterocycles. The number of carbonyl (C=O) groups excluding carboxylic acids is 1. The molecular formula is C13H19NO2. The maximum absolute atomic E-state index is 11.8. The number of aryl methyl sites for hydroxylation is 1. The van der Waals surface area contributed by atoms with Gasteiger partial charge in [-0.2, -0.15) is 0 Å². The Labute approximate surface area is 96.4 Å². The van der Waals surface area contributed by atoms with Gasteiger partial charge in [0, 0.05) is 13.2 Å². The van der Waals surface area contributed by atoms with E-state index in [-0.39, 0.29) is 12.4 Å². The number of hydrogen-bond donors (Lipinski definition) is 0. The minimum Gasteiger partial charge on any atom is -0.370 e. The zero-order valence-electron chi connectivity index (χ0n) is 9.82. The highest BCUT2D eigenvalue weighted by atomic mass is 16.5. The van der Waals surface area contributed by atoms with E-state index in [0.29, 0.717) is 6.10 Å². The van der Waals surface area contributed by atoms with Gasteiger partial charge in [0.05, 0.1) is 11.8 Å². The normalized spacial score (nSPS) is 17.6. The summed E-state index contributed by atoms with van der Waals surface area (Å²) in [7, 11) is 1.88. The molecule has 88 valence electrons. The topological polar surface area (TPSA) is 31.2 Å². The highest BCUT2D eigenvalue weighted by molar-refractivity contribution is 5.95. The van der Waals surface area contributed by atoms with Gasteiger partial charge < -0.3 is 9.30 Å². The molecule has 1 aliphatic carbocycles.